The number of hydrogen-bond donors (Lipinski definition) is 2. The van der Waals surface area contributed by atoms with Gasteiger partial charge in [0.15, 0.2) is 0 Å². The fourth-order valence-corrected chi connectivity index (χ4v) is 3.91. The Morgan fingerprint density at radius 1 is 1.27 bits per heavy atom. The highest BCUT2D eigenvalue weighted by molar-refractivity contribution is 7.15. The number of carbonyl (C=O) groups is 1. The molecule has 154 valence electrons. The topological polar surface area (TPSA) is 118 Å². The molecule has 0 aliphatic heterocycles. The Labute approximate surface area is 175 Å². The Bertz CT molecular complexity index is 1410. The third-order valence-corrected chi connectivity index (χ3v) is 5.43. The number of rotatable bonds is 4. The SMILES string of the molecule is Cc1nnc(NC(=O)c2cc3c(=O)n4cccc(C)c4nc3n(CC(C)C)c2=N)s1. The van der Waals surface area contributed by atoms with Crippen molar-refractivity contribution in [2.75, 3.05) is 5.32 Å². The summed E-state index contributed by atoms with van der Waals surface area (Å²) in [6, 6.07) is 5.11. The predicted octanol–water partition coefficient (Wildman–Crippen LogP) is 2.51. The zero-order chi connectivity index (χ0) is 21.6. The summed E-state index contributed by atoms with van der Waals surface area (Å²) in [6.45, 7) is 8.13. The Morgan fingerprint density at radius 2 is 2.03 bits per heavy atom. The summed E-state index contributed by atoms with van der Waals surface area (Å²) in [5.41, 5.74) is 1.59. The molecule has 0 aliphatic rings. The van der Waals surface area contributed by atoms with E-state index in [2.05, 4.69) is 15.5 Å². The summed E-state index contributed by atoms with van der Waals surface area (Å²) in [6.07, 6.45) is 1.66. The Kier molecular flexibility index (Phi) is 4.94. The van der Waals surface area contributed by atoms with Gasteiger partial charge in [-0.2, -0.15) is 0 Å². The molecule has 0 unspecified atom stereocenters. The van der Waals surface area contributed by atoms with Crippen molar-refractivity contribution in [3.05, 3.63) is 56.4 Å². The van der Waals surface area contributed by atoms with Gasteiger partial charge in [-0.05, 0) is 37.5 Å². The van der Waals surface area contributed by atoms with Crippen LogP contribution >= 0.6 is 11.3 Å². The molecule has 4 rings (SSSR count). The van der Waals surface area contributed by atoms with Crippen LogP contribution in [0.15, 0.2) is 29.2 Å². The maximum atomic E-state index is 13.2. The molecule has 1 amide bonds. The number of anilines is 1. The summed E-state index contributed by atoms with van der Waals surface area (Å²) < 4.78 is 3.10. The number of carbonyl (C=O) groups excluding carboxylic acids is 1. The molecule has 0 aliphatic carbocycles. The second-order valence-corrected chi connectivity index (χ2v) is 8.71. The van der Waals surface area contributed by atoms with Gasteiger partial charge >= 0.3 is 0 Å². The summed E-state index contributed by atoms with van der Waals surface area (Å²) in [5, 5.41) is 20.5. The first kappa shape index (κ1) is 19.9. The minimum absolute atomic E-state index is 0.000212. The third kappa shape index (κ3) is 3.39. The highest BCUT2D eigenvalue weighted by Gasteiger charge is 2.19. The highest BCUT2D eigenvalue weighted by atomic mass is 32.1. The zero-order valence-corrected chi connectivity index (χ0v) is 17.9. The van der Waals surface area contributed by atoms with Crippen LogP contribution in [0.5, 0.6) is 0 Å². The van der Waals surface area contributed by atoms with Gasteiger partial charge in [0.2, 0.25) is 5.13 Å². The van der Waals surface area contributed by atoms with Crippen LogP contribution in [0.3, 0.4) is 0 Å². The van der Waals surface area contributed by atoms with Crippen LogP contribution in [-0.4, -0.2) is 30.1 Å². The van der Waals surface area contributed by atoms with E-state index in [1.54, 1.807) is 23.8 Å². The van der Waals surface area contributed by atoms with Crippen molar-refractivity contribution in [1.29, 1.82) is 5.41 Å². The van der Waals surface area contributed by atoms with Crippen molar-refractivity contribution >= 4 is 39.1 Å². The number of amides is 1. The van der Waals surface area contributed by atoms with Gasteiger partial charge in [0.1, 0.15) is 21.8 Å². The van der Waals surface area contributed by atoms with Crippen molar-refractivity contribution in [2.24, 2.45) is 5.92 Å². The van der Waals surface area contributed by atoms with E-state index in [1.165, 1.54) is 21.8 Å². The largest absolute Gasteiger partial charge is 0.310 e. The first-order chi connectivity index (χ1) is 14.3. The Morgan fingerprint density at radius 3 is 2.70 bits per heavy atom. The molecule has 0 saturated heterocycles. The Hall–Kier alpha value is -3.40. The molecule has 0 bridgehead atoms. The predicted molar refractivity (Wildman–Crippen MR) is 115 cm³/mol. The van der Waals surface area contributed by atoms with E-state index in [9.17, 15) is 9.59 Å². The maximum absolute atomic E-state index is 13.2. The number of pyridine rings is 2. The van der Waals surface area contributed by atoms with Crippen molar-refractivity contribution in [3.8, 4) is 0 Å². The number of aromatic nitrogens is 5. The zero-order valence-electron chi connectivity index (χ0n) is 17.1. The van der Waals surface area contributed by atoms with Crippen LogP contribution in [-0.2, 0) is 6.54 Å². The van der Waals surface area contributed by atoms with Crippen molar-refractivity contribution in [3.63, 3.8) is 0 Å². The maximum Gasteiger partial charge on any atom is 0.267 e. The summed E-state index contributed by atoms with van der Waals surface area (Å²) in [7, 11) is 0. The number of nitrogens with zero attached hydrogens (tertiary/aromatic N) is 5. The smallest absolute Gasteiger partial charge is 0.267 e. The second kappa shape index (κ2) is 7.45. The van der Waals surface area contributed by atoms with E-state index in [4.69, 9.17) is 10.4 Å². The molecule has 0 spiro atoms. The molecule has 4 aromatic heterocycles. The number of hydrogen-bond acceptors (Lipinski definition) is 7. The highest BCUT2D eigenvalue weighted by Crippen LogP contribution is 2.17. The van der Waals surface area contributed by atoms with E-state index in [0.717, 1.165) is 5.56 Å². The standard InChI is InChI=1S/C20H21N7O2S/c1-10(2)9-27-15(21)13(18(28)23-20-25-24-12(4)30-20)8-14-17(27)22-16-11(3)6-5-7-26(16)19(14)29/h5-8,10,21H,9H2,1-4H3,(H,23,25,28). The summed E-state index contributed by atoms with van der Waals surface area (Å²) in [4.78, 5) is 30.8. The number of fused-ring (bicyclic) bond motifs is 2. The molecular formula is C20H21N7O2S. The minimum atomic E-state index is -0.510. The van der Waals surface area contributed by atoms with Gasteiger partial charge < -0.3 is 4.57 Å². The van der Waals surface area contributed by atoms with Crippen LogP contribution in [0.25, 0.3) is 16.7 Å². The fraction of sp³-hybridized carbons (Fsp3) is 0.300. The van der Waals surface area contributed by atoms with Gasteiger partial charge in [0.05, 0.1) is 10.9 Å². The van der Waals surface area contributed by atoms with Crippen molar-refractivity contribution < 1.29 is 4.79 Å². The van der Waals surface area contributed by atoms with Gasteiger partial charge in [-0.25, -0.2) is 4.98 Å². The summed E-state index contributed by atoms with van der Waals surface area (Å²) in [5.74, 6) is -0.326. The molecule has 10 heteroatoms. The van der Waals surface area contributed by atoms with Crippen molar-refractivity contribution in [1.82, 2.24) is 24.1 Å². The van der Waals surface area contributed by atoms with Gasteiger partial charge in [-0.3, -0.25) is 24.7 Å². The molecule has 2 N–H and O–H groups in total. The average Bonchev–Trinajstić information content (AvgIpc) is 3.09. The molecule has 0 radical (unpaired) electrons. The van der Waals surface area contributed by atoms with E-state index in [0.29, 0.717) is 28.0 Å². The lowest BCUT2D eigenvalue weighted by Crippen LogP contribution is -2.33. The molecular weight excluding hydrogens is 402 g/mol. The second-order valence-electron chi connectivity index (χ2n) is 7.53. The van der Waals surface area contributed by atoms with E-state index >= 15 is 0 Å². The van der Waals surface area contributed by atoms with Gasteiger partial charge in [-0.15, -0.1) is 10.2 Å². The fourth-order valence-electron chi connectivity index (χ4n) is 3.32. The molecule has 0 aromatic carbocycles. The van der Waals surface area contributed by atoms with E-state index in [-0.39, 0.29) is 27.9 Å². The van der Waals surface area contributed by atoms with Crippen LogP contribution in [0.4, 0.5) is 5.13 Å². The molecule has 4 heterocycles. The number of nitrogens with one attached hydrogen (secondary N) is 2. The lowest BCUT2D eigenvalue weighted by Gasteiger charge is -2.16. The molecule has 0 atom stereocenters. The lowest BCUT2D eigenvalue weighted by molar-refractivity contribution is 0.102. The normalized spacial score (nSPS) is 11.5. The first-order valence-corrected chi connectivity index (χ1v) is 10.3. The van der Waals surface area contributed by atoms with Crippen molar-refractivity contribution in [2.45, 2.75) is 34.2 Å². The average molecular weight is 424 g/mol. The van der Waals surface area contributed by atoms with E-state index < -0.39 is 5.91 Å². The van der Waals surface area contributed by atoms with Crippen LogP contribution in [0, 0.1) is 25.2 Å². The quantitative estimate of drug-likeness (QED) is 0.489. The first-order valence-electron chi connectivity index (χ1n) is 9.48. The van der Waals surface area contributed by atoms with Gasteiger partial charge in [0.25, 0.3) is 11.5 Å². The molecule has 4 aromatic rings. The monoisotopic (exact) mass is 423 g/mol. The molecule has 0 fully saturated rings. The van der Waals surface area contributed by atoms with Gasteiger partial charge in [-0.1, -0.05) is 31.3 Å². The van der Waals surface area contributed by atoms with Crippen LogP contribution < -0.4 is 16.4 Å². The Balaban J connectivity index is 2.00. The molecule has 30 heavy (non-hydrogen) atoms. The molecule has 9 nitrogen and oxygen atoms in total. The lowest BCUT2D eigenvalue weighted by atomic mass is 10.1. The minimum Gasteiger partial charge on any atom is -0.310 e. The molecule has 0 saturated carbocycles. The van der Waals surface area contributed by atoms with Crippen LogP contribution in [0.2, 0.25) is 0 Å². The van der Waals surface area contributed by atoms with Crippen LogP contribution in [0.1, 0.15) is 34.8 Å². The van der Waals surface area contributed by atoms with E-state index in [1.807, 2.05) is 26.8 Å². The number of aryl methyl sites for hydroxylation is 2. The summed E-state index contributed by atoms with van der Waals surface area (Å²) >= 11 is 1.24. The third-order valence-electron chi connectivity index (χ3n) is 4.67. The van der Waals surface area contributed by atoms with Gasteiger partial charge in [0, 0.05) is 12.7 Å².